The summed E-state index contributed by atoms with van der Waals surface area (Å²) in [4.78, 5) is 0. The topological polar surface area (TPSA) is 38.0 Å². The van der Waals surface area contributed by atoms with E-state index in [2.05, 4.69) is 12.3 Å². The van der Waals surface area contributed by atoms with Gasteiger partial charge in [-0.2, -0.15) is 0 Å². The summed E-state index contributed by atoms with van der Waals surface area (Å²) >= 11 is 0. The summed E-state index contributed by atoms with van der Waals surface area (Å²) < 4.78 is 13.4. The Labute approximate surface area is 83.3 Å². The normalized spacial score (nSPS) is 27.4. The lowest BCUT2D eigenvalue weighted by Crippen LogP contribution is -2.30. The first kappa shape index (κ1) is 9.62. The van der Waals surface area contributed by atoms with Gasteiger partial charge in [0.15, 0.2) is 0 Å². The molecule has 0 bridgehead atoms. The van der Waals surface area contributed by atoms with Crippen LogP contribution in [0.1, 0.15) is 24.9 Å². The molecule has 1 fully saturated rings. The van der Waals surface area contributed by atoms with Crippen molar-refractivity contribution in [1.29, 1.82) is 0 Å². The van der Waals surface area contributed by atoms with E-state index in [9.17, 15) is 4.39 Å². The average Bonchev–Trinajstić information content (AvgIpc) is 2.88. The van der Waals surface area contributed by atoms with Crippen LogP contribution < -0.4 is 11.3 Å². The standard InChI is InChI=1S/C11H15FN2/c1-7-6-9(7)11(14-13)8-4-2-3-5-10(8)12/h2-5,7,9,11,14H,6,13H2,1H3. The SMILES string of the molecule is CC1CC1C(NN)c1ccccc1F. The smallest absolute Gasteiger partial charge is 0.128 e. The van der Waals surface area contributed by atoms with Gasteiger partial charge in [0.1, 0.15) is 5.82 Å². The van der Waals surface area contributed by atoms with E-state index >= 15 is 0 Å². The summed E-state index contributed by atoms with van der Waals surface area (Å²) in [6.07, 6.45) is 1.13. The van der Waals surface area contributed by atoms with Crippen LogP contribution in [0, 0.1) is 17.7 Å². The van der Waals surface area contributed by atoms with Gasteiger partial charge in [0.25, 0.3) is 0 Å². The van der Waals surface area contributed by atoms with Crippen molar-refractivity contribution in [3.05, 3.63) is 35.6 Å². The van der Waals surface area contributed by atoms with Crippen LogP contribution in [0.2, 0.25) is 0 Å². The fourth-order valence-corrected chi connectivity index (χ4v) is 1.99. The molecule has 0 spiro atoms. The fourth-order valence-electron chi connectivity index (χ4n) is 1.99. The lowest BCUT2D eigenvalue weighted by atomic mass is 10.0. The summed E-state index contributed by atoms with van der Waals surface area (Å²) in [5, 5.41) is 0. The summed E-state index contributed by atoms with van der Waals surface area (Å²) in [5.41, 5.74) is 3.40. The molecular weight excluding hydrogens is 179 g/mol. The zero-order valence-electron chi connectivity index (χ0n) is 8.20. The number of hydrogen-bond donors (Lipinski definition) is 2. The van der Waals surface area contributed by atoms with E-state index in [1.165, 1.54) is 6.07 Å². The summed E-state index contributed by atoms with van der Waals surface area (Å²) in [5.74, 6) is 6.42. The van der Waals surface area contributed by atoms with Crippen molar-refractivity contribution in [3.8, 4) is 0 Å². The molecule has 0 radical (unpaired) electrons. The minimum absolute atomic E-state index is 0.0359. The van der Waals surface area contributed by atoms with Gasteiger partial charge in [-0.1, -0.05) is 25.1 Å². The number of nitrogens with one attached hydrogen (secondary N) is 1. The van der Waals surface area contributed by atoms with E-state index in [0.29, 0.717) is 17.4 Å². The van der Waals surface area contributed by atoms with Crippen LogP contribution in [0.5, 0.6) is 0 Å². The maximum absolute atomic E-state index is 13.4. The quantitative estimate of drug-likeness (QED) is 0.570. The molecule has 3 N–H and O–H groups in total. The number of rotatable bonds is 3. The molecule has 1 aromatic rings. The zero-order chi connectivity index (χ0) is 10.1. The molecule has 3 atom stereocenters. The molecule has 1 saturated carbocycles. The van der Waals surface area contributed by atoms with Crippen molar-refractivity contribution in [1.82, 2.24) is 5.43 Å². The van der Waals surface area contributed by atoms with Gasteiger partial charge in [0, 0.05) is 5.56 Å². The van der Waals surface area contributed by atoms with Gasteiger partial charge in [-0.15, -0.1) is 0 Å². The highest BCUT2D eigenvalue weighted by Gasteiger charge is 2.40. The Morgan fingerprint density at radius 2 is 2.14 bits per heavy atom. The van der Waals surface area contributed by atoms with Gasteiger partial charge in [-0.3, -0.25) is 11.3 Å². The van der Waals surface area contributed by atoms with Crippen molar-refractivity contribution in [2.24, 2.45) is 17.7 Å². The second-order valence-electron chi connectivity index (χ2n) is 4.04. The Morgan fingerprint density at radius 1 is 1.50 bits per heavy atom. The molecule has 1 aliphatic rings. The minimum atomic E-state index is -0.172. The Bertz CT molecular complexity index is 327. The van der Waals surface area contributed by atoms with Gasteiger partial charge in [0.05, 0.1) is 6.04 Å². The number of halogens is 1. The molecule has 0 heterocycles. The lowest BCUT2D eigenvalue weighted by Gasteiger charge is -2.16. The second-order valence-corrected chi connectivity index (χ2v) is 4.04. The second kappa shape index (κ2) is 3.67. The van der Waals surface area contributed by atoms with E-state index in [4.69, 9.17) is 5.84 Å². The minimum Gasteiger partial charge on any atom is -0.271 e. The van der Waals surface area contributed by atoms with Gasteiger partial charge in [-0.25, -0.2) is 4.39 Å². The van der Waals surface area contributed by atoms with E-state index in [1.54, 1.807) is 12.1 Å². The number of hydrazine groups is 1. The van der Waals surface area contributed by atoms with Crippen molar-refractivity contribution in [3.63, 3.8) is 0 Å². The van der Waals surface area contributed by atoms with Crippen molar-refractivity contribution < 1.29 is 4.39 Å². The number of nitrogens with two attached hydrogens (primary N) is 1. The molecule has 0 amide bonds. The van der Waals surface area contributed by atoms with Crippen molar-refractivity contribution in [2.45, 2.75) is 19.4 Å². The molecular formula is C11H15FN2. The van der Waals surface area contributed by atoms with Crippen molar-refractivity contribution in [2.75, 3.05) is 0 Å². The zero-order valence-corrected chi connectivity index (χ0v) is 8.20. The summed E-state index contributed by atoms with van der Waals surface area (Å²) in [6.45, 7) is 2.16. The van der Waals surface area contributed by atoms with Gasteiger partial charge in [-0.05, 0) is 24.3 Å². The molecule has 1 aliphatic carbocycles. The average molecular weight is 194 g/mol. The predicted molar refractivity (Wildman–Crippen MR) is 53.7 cm³/mol. The third kappa shape index (κ3) is 1.65. The van der Waals surface area contributed by atoms with E-state index in [0.717, 1.165) is 6.42 Å². The van der Waals surface area contributed by atoms with Gasteiger partial charge < -0.3 is 0 Å². The van der Waals surface area contributed by atoms with Crippen LogP contribution in [0.25, 0.3) is 0 Å². The van der Waals surface area contributed by atoms with Crippen molar-refractivity contribution >= 4 is 0 Å². The third-order valence-corrected chi connectivity index (χ3v) is 3.02. The first-order valence-electron chi connectivity index (χ1n) is 4.94. The predicted octanol–water partition coefficient (Wildman–Crippen LogP) is 1.99. The Morgan fingerprint density at radius 3 is 2.64 bits per heavy atom. The number of hydrogen-bond acceptors (Lipinski definition) is 2. The van der Waals surface area contributed by atoms with Crippen LogP contribution in [-0.4, -0.2) is 0 Å². The summed E-state index contributed by atoms with van der Waals surface area (Å²) in [6, 6.07) is 6.78. The highest BCUT2D eigenvalue weighted by Crippen LogP contribution is 2.46. The highest BCUT2D eigenvalue weighted by atomic mass is 19.1. The largest absolute Gasteiger partial charge is 0.271 e. The molecule has 0 aromatic heterocycles. The molecule has 3 heteroatoms. The monoisotopic (exact) mass is 194 g/mol. The van der Waals surface area contributed by atoms with Crippen LogP contribution in [-0.2, 0) is 0 Å². The molecule has 0 aliphatic heterocycles. The molecule has 76 valence electrons. The van der Waals surface area contributed by atoms with E-state index in [1.807, 2.05) is 6.07 Å². The van der Waals surface area contributed by atoms with Gasteiger partial charge in [0.2, 0.25) is 0 Å². The third-order valence-electron chi connectivity index (χ3n) is 3.02. The first-order valence-corrected chi connectivity index (χ1v) is 4.94. The molecule has 2 nitrogen and oxygen atoms in total. The molecule has 0 saturated heterocycles. The highest BCUT2D eigenvalue weighted by molar-refractivity contribution is 5.23. The van der Waals surface area contributed by atoms with Crippen LogP contribution in [0.15, 0.2) is 24.3 Å². The lowest BCUT2D eigenvalue weighted by molar-refractivity contribution is 0.452. The molecule has 14 heavy (non-hydrogen) atoms. The van der Waals surface area contributed by atoms with E-state index in [-0.39, 0.29) is 11.9 Å². The Kier molecular flexibility index (Phi) is 2.52. The van der Waals surface area contributed by atoms with Gasteiger partial charge >= 0.3 is 0 Å². The molecule has 1 aromatic carbocycles. The molecule has 3 unspecified atom stereocenters. The van der Waals surface area contributed by atoms with Crippen LogP contribution in [0.3, 0.4) is 0 Å². The van der Waals surface area contributed by atoms with Crippen LogP contribution >= 0.6 is 0 Å². The summed E-state index contributed by atoms with van der Waals surface area (Å²) in [7, 11) is 0. The van der Waals surface area contributed by atoms with Crippen LogP contribution in [0.4, 0.5) is 4.39 Å². The Balaban J connectivity index is 2.23. The Hall–Kier alpha value is -0.930. The first-order chi connectivity index (χ1) is 6.74. The van der Waals surface area contributed by atoms with E-state index < -0.39 is 0 Å². The fraction of sp³-hybridized carbons (Fsp3) is 0.455. The number of benzene rings is 1. The maximum Gasteiger partial charge on any atom is 0.128 e. The maximum atomic E-state index is 13.4. The molecule has 2 rings (SSSR count).